The van der Waals surface area contributed by atoms with Crippen LogP contribution in [-0.2, 0) is 0 Å². The molecule has 0 heterocycles. The van der Waals surface area contributed by atoms with Crippen LogP contribution in [0.2, 0.25) is 0 Å². The molecule has 0 fully saturated rings. The number of rotatable bonds is 7. The summed E-state index contributed by atoms with van der Waals surface area (Å²) in [5.41, 5.74) is 1.74. The quantitative estimate of drug-likeness (QED) is 0.804. The van der Waals surface area contributed by atoms with Crippen molar-refractivity contribution in [3.05, 3.63) is 29.8 Å². The predicted molar refractivity (Wildman–Crippen MR) is 85.3 cm³/mol. The number of carbonyl (C=O) groups excluding carboxylic acids is 1. The number of hydrogen-bond donors (Lipinski definition) is 2. The van der Waals surface area contributed by atoms with Gasteiger partial charge in [-0.25, -0.2) is 0 Å². The van der Waals surface area contributed by atoms with E-state index in [0.717, 1.165) is 18.8 Å². The van der Waals surface area contributed by atoms with E-state index in [1.165, 1.54) is 0 Å². The topological polar surface area (TPSA) is 44.4 Å². The Hall–Kier alpha value is -1.55. The van der Waals surface area contributed by atoms with Crippen molar-refractivity contribution >= 4 is 11.6 Å². The molecule has 1 aromatic rings. The minimum atomic E-state index is -0.00593. The lowest BCUT2D eigenvalue weighted by molar-refractivity contribution is 0.0916. The van der Waals surface area contributed by atoms with E-state index in [1.54, 1.807) is 0 Å². The van der Waals surface area contributed by atoms with Crippen LogP contribution in [0.1, 0.15) is 31.1 Å². The van der Waals surface area contributed by atoms with Gasteiger partial charge in [0.1, 0.15) is 0 Å². The van der Waals surface area contributed by atoms with Crippen LogP contribution in [0.5, 0.6) is 0 Å². The molecule has 4 heteroatoms. The first-order valence-electron chi connectivity index (χ1n) is 7.23. The van der Waals surface area contributed by atoms with Crippen LogP contribution in [0.15, 0.2) is 24.3 Å². The van der Waals surface area contributed by atoms with Crippen molar-refractivity contribution in [2.24, 2.45) is 5.92 Å². The van der Waals surface area contributed by atoms with E-state index in [4.69, 9.17) is 0 Å². The molecule has 1 amide bonds. The van der Waals surface area contributed by atoms with Crippen LogP contribution in [0.25, 0.3) is 0 Å². The van der Waals surface area contributed by atoms with Gasteiger partial charge in [0.05, 0.1) is 0 Å². The summed E-state index contributed by atoms with van der Waals surface area (Å²) >= 11 is 0. The first-order chi connectivity index (χ1) is 9.43. The Morgan fingerprint density at radius 1 is 1.20 bits per heavy atom. The molecule has 0 bridgehead atoms. The molecule has 0 saturated heterocycles. The normalized spacial score (nSPS) is 12.6. The SMILES string of the molecule is CCNc1ccc(C(=O)NC(CN(C)C)C(C)C)cc1. The van der Waals surface area contributed by atoms with Crippen molar-refractivity contribution in [1.29, 1.82) is 0 Å². The first kappa shape index (κ1) is 16.5. The summed E-state index contributed by atoms with van der Waals surface area (Å²) in [4.78, 5) is 14.4. The Balaban J connectivity index is 2.68. The zero-order chi connectivity index (χ0) is 15.1. The van der Waals surface area contributed by atoms with Crippen LogP contribution >= 0.6 is 0 Å². The third-order valence-electron chi connectivity index (χ3n) is 3.21. The van der Waals surface area contributed by atoms with Gasteiger partial charge >= 0.3 is 0 Å². The predicted octanol–water partition coefficient (Wildman–Crippen LogP) is 2.43. The van der Waals surface area contributed by atoms with Crippen molar-refractivity contribution in [2.45, 2.75) is 26.8 Å². The smallest absolute Gasteiger partial charge is 0.251 e. The molecule has 0 aromatic heterocycles. The second-order valence-electron chi connectivity index (χ2n) is 5.69. The highest BCUT2D eigenvalue weighted by atomic mass is 16.1. The molecule has 1 atom stereocenters. The number of nitrogens with zero attached hydrogens (tertiary/aromatic N) is 1. The van der Waals surface area contributed by atoms with Crippen molar-refractivity contribution in [1.82, 2.24) is 10.2 Å². The van der Waals surface area contributed by atoms with Crippen molar-refractivity contribution in [3.63, 3.8) is 0 Å². The first-order valence-corrected chi connectivity index (χ1v) is 7.23. The van der Waals surface area contributed by atoms with Gasteiger partial charge in [0, 0.05) is 30.4 Å². The molecule has 0 aliphatic carbocycles. The van der Waals surface area contributed by atoms with Gasteiger partial charge in [-0.15, -0.1) is 0 Å². The maximum atomic E-state index is 12.3. The molecule has 1 aromatic carbocycles. The van der Waals surface area contributed by atoms with Crippen LogP contribution in [0.4, 0.5) is 5.69 Å². The van der Waals surface area contributed by atoms with E-state index in [-0.39, 0.29) is 11.9 Å². The third kappa shape index (κ3) is 5.21. The molecule has 20 heavy (non-hydrogen) atoms. The average molecular weight is 277 g/mol. The van der Waals surface area contributed by atoms with Crippen LogP contribution in [0.3, 0.4) is 0 Å². The zero-order valence-electron chi connectivity index (χ0n) is 13.2. The van der Waals surface area contributed by atoms with Crippen LogP contribution in [0, 0.1) is 5.92 Å². The summed E-state index contributed by atoms with van der Waals surface area (Å²) in [6.45, 7) is 8.03. The van der Waals surface area contributed by atoms with Gasteiger partial charge in [-0.05, 0) is 51.2 Å². The Bertz CT molecular complexity index is 412. The zero-order valence-corrected chi connectivity index (χ0v) is 13.2. The van der Waals surface area contributed by atoms with Gasteiger partial charge in [0.2, 0.25) is 0 Å². The number of nitrogens with one attached hydrogen (secondary N) is 2. The molecule has 1 unspecified atom stereocenters. The fourth-order valence-corrected chi connectivity index (χ4v) is 2.01. The van der Waals surface area contributed by atoms with E-state index in [2.05, 4.69) is 36.3 Å². The van der Waals surface area contributed by atoms with E-state index in [0.29, 0.717) is 11.5 Å². The number of carbonyl (C=O) groups is 1. The summed E-state index contributed by atoms with van der Waals surface area (Å²) in [6.07, 6.45) is 0. The molecule has 2 N–H and O–H groups in total. The molecule has 0 radical (unpaired) electrons. The minimum Gasteiger partial charge on any atom is -0.385 e. The van der Waals surface area contributed by atoms with Crippen LogP contribution < -0.4 is 10.6 Å². The molecule has 0 aliphatic heterocycles. The molecule has 0 aliphatic rings. The molecule has 0 saturated carbocycles. The summed E-state index contributed by atoms with van der Waals surface area (Å²) in [7, 11) is 4.04. The fraction of sp³-hybridized carbons (Fsp3) is 0.562. The highest BCUT2D eigenvalue weighted by molar-refractivity contribution is 5.94. The maximum Gasteiger partial charge on any atom is 0.251 e. The lowest BCUT2D eigenvalue weighted by Gasteiger charge is -2.25. The number of likely N-dealkylation sites (N-methyl/N-ethyl adjacent to an activating group) is 1. The summed E-state index contributed by atoms with van der Waals surface area (Å²) in [5.74, 6) is 0.399. The van der Waals surface area contributed by atoms with Gasteiger partial charge in [0.15, 0.2) is 0 Å². The summed E-state index contributed by atoms with van der Waals surface area (Å²) in [5, 5.41) is 6.33. The Labute approximate surface area is 122 Å². The third-order valence-corrected chi connectivity index (χ3v) is 3.21. The Morgan fingerprint density at radius 2 is 1.80 bits per heavy atom. The lowest BCUT2D eigenvalue weighted by atomic mass is 10.0. The van der Waals surface area contributed by atoms with E-state index >= 15 is 0 Å². The maximum absolute atomic E-state index is 12.3. The molecule has 1 rings (SSSR count). The molecule has 0 spiro atoms. The lowest BCUT2D eigenvalue weighted by Crippen LogP contribution is -2.44. The largest absolute Gasteiger partial charge is 0.385 e. The Morgan fingerprint density at radius 3 is 2.25 bits per heavy atom. The average Bonchev–Trinajstić information content (AvgIpc) is 2.38. The molecular weight excluding hydrogens is 250 g/mol. The molecule has 112 valence electrons. The van der Waals surface area contributed by atoms with Gasteiger partial charge < -0.3 is 15.5 Å². The highest BCUT2D eigenvalue weighted by Gasteiger charge is 2.17. The Kier molecular flexibility index (Phi) is 6.52. The van der Waals surface area contributed by atoms with Crippen LogP contribution in [-0.4, -0.2) is 44.0 Å². The highest BCUT2D eigenvalue weighted by Crippen LogP contribution is 2.10. The standard InChI is InChI=1S/C16H27N3O/c1-6-17-14-9-7-13(8-10-14)16(20)18-15(12(2)3)11-19(4)5/h7-10,12,15,17H,6,11H2,1-5H3,(H,18,20). The minimum absolute atomic E-state index is 0.00593. The van der Waals surface area contributed by atoms with E-state index < -0.39 is 0 Å². The number of anilines is 1. The molecule has 4 nitrogen and oxygen atoms in total. The number of amides is 1. The van der Waals surface area contributed by atoms with Gasteiger partial charge in [-0.2, -0.15) is 0 Å². The second kappa shape index (κ2) is 7.90. The fourth-order valence-electron chi connectivity index (χ4n) is 2.01. The van der Waals surface area contributed by atoms with Crippen molar-refractivity contribution in [3.8, 4) is 0 Å². The van der Waals surface area contributed by atoms with Gasteiger partial charge in [0.25, 0.3) is 5.91 Å². The monoisotopic (exact) mass is 277 g/mol. The van der Waals surface area contributed by atoms with Gasteiger partial charge in [-0.1, -0.05) is 13.8 Å². The van der Waals surface area contributed by atoms with E-state index in [9.17, 15) is 4.79 Å². The van der Waals surface area contributed by atoms with Gasteiger partial charge in [-0.3, -0.25) is 4.79 Å². The molecular formula is C16H27N3O. The van der Waals surface area contributed by atoms with E-state index in [1.807, 2.05) is 38.4 Å². The van der Waals surface area contributed by atoms with Crippen molar-refractivity contribution < 1.29 is 4.79 Å². The summed E-state index contributed by atoms with van der Waals surface area (Å²) < 4.78 is 0. The summed E-state index contributed by atoms with van der Waals surface area (Å²) in [6, 6.07) is 7.76. The number of benzene rings is 1. The van der Waals surface area contributed by atoms with Crippen molar-refractivity contribution in [2.75, 3.05) is 32.5 Å². The second-order valence-corrected chi connectivity index (χ2v) is 5.69. The number of hydrogen-bond acceptors (Lipinski definition) is 3.